The molecule has 2 aromatic heterocycles. The molecule has 11 heteroatoms. The summed E-state index contributed by atoms with van der Waals surface area (Å²) in [5.41, 5.74) is 3.23. The van der Waals surface area contributed by atoms with Crippen molar-refractivity contribution in [1.29, 1.82) is 0 Å². The van der Waals surface area contributed by atoms with E-state index in [1.165, 1.54) is 6.20 Å². The number of fused-ring (bicyclic) bond motifs is 1. The first kappa shape index (κ1) is 28.7. The third-order valence-electron chi connectivity index (χ3n) is 7.11. The fourth-order valence-electron chi connectivity index (χ4n) is 4.58. The molecule has 5 aromatic rings. The minimum Gasteiger partial charge on any atom is -0.438 e. The molecule has 4 amide bonds. The molecule has 0 radical (unpaired) electrons. The van der Waals surface area contributed by atoms with Gasteiger partial charge in [0.2, 0.25) is 11.8 Å². The van der Waals surface area contributed by atoms with E-state index in [0.717, 1.165) is 40.6 Å². The quantitative estimate of drug-likeness (QED) is 0.159. The van der Waals surface area contributed by atoms with Gasteiger partial charge in [0, 0.05) is 40.6 Å². The number of urea groups is 2. The van der Waals surface area contributed by atoms with Gasteiger partial charge in [0.1, 0.15) is 11.6 Å². The normalized spacial score (nSPS) is 12.9. The second-order valence-electron chi connectivity index (χ2n) is 11.8. The molecule has 44 heavy (non-hydrogen) atoms. The fraction of sp³-hybridized carbons (Fsp3) is 0.242. The maximum absolute atomic E-state index is 13.3. The first-order valence-corrected chi connectivity index (χ1v) is 14.5. The Morgan fingerprint density at radius 2 is 1.64 bits per heavy atom. The van der Waals surface area contributed by atoms with Crippen LogP contribution in [0.5, 0.6) is 11.6 Å². The zero-order chi connectivity index (χ0) is 30.8. The summed E-state index contributed by atoms with van der Waals surface area (Å²) < 4.78 is 7.85. The van der Waals surface area contributed by atoms with E-state index in [2.05, 4.69) is 52.0 Å². The summed E-state index contributed by atoms with van der Waals surface area (Å²) in [4.78, 5) is 33.9. The number of nitrogens with one attached hydrogen (secondary N) is 4. The van der Waals surface area contributed by atoms with Gasteiger partial charge < -0.3 is 15.4 Å². The van der Waals surface area contributed by atoms with Crippen LogP contribution in [0, 0.1) is 6.92 Å². The number of benzene rings is 3. The number of hydrogen-bond donors (Lipinski definition) is 4. The highest BCUT2D eigenvalue weighted by atomic mass is 16.5. The summed E-state index contributed by atoms with van der Waals surface area (Å²) in [6, 6.07) is 22.1. The summed E-state index contributed by atoms with van der Waals surface area (Å²) >= 11 is 0. The van der Waals surface area contributed by atoms with E-state index >= 15 is 0 Å². The predicted molar refractivity (Wildman–Crippen MR) is 171 cm³/mol. The lowest BCUT2D eigenvalue weighted by Gasteiger charge is -2.14. The topological polar surface area (TPSA) is 135 Å². The molecule has 1 saturated carbocycles. The van der Waals surface area contributed by atoms with E-state index < -0.39 is 6.03 Å². The van der Waals surface area contributed by atoms with Crippen LogP contribution in [0.25, 0.3) is 16.5 Å². The van der Waals surface area contributed by atoms with Crippen molar-refractivity contribution in [3.8, 4) is 17.3 Å². The Kier molecular flexibility index (Phi) is 7.60. The zero-order valence-electron chi connectivity index (χ0n) is 25.0. The second-order valence-corrected chi connectivity index (χ2v) is 11.8. The minimum absolute atomic E-state index is 0.138. The Morgan fingerprint density at radius 3 is 2.36 bits per heavy atom. The number of amides is 4. The summed E-state index contributed by atoms with van der Waals surface area (Å²) in [7, 11) is 0. The zero-order valence-corrected chi connectivity index (χ0v) is 25.0. The molecular formula is C33H34N8O3. The molecule has 4 N–H and O–H groups in total. The highest BCUT2D eigenvalue weighted by Gasteiger charge is 2.24. The van der Waals surface area contributed by atoms with E-state index in [-0.39, 0.29) is 29.3 Å². The van der Waals surface area contributed by atoms with Gasteiger partial charge in [-0.25, -0.2) is 19.3 Å². The molecule has 6 rings (SSSR count). The Balaban J connectivity index is 1.21. The fourth-order valence-corrected chi connectivity index (χ4v) is 4.58. The first-order chi connectivity index (χ1) is 21.1. The molecule has 0 spiro atoms. The second kappa shape index (κ2) is 11.7. The molecule has 2 heterocycles. The average Bonchev–Trinajstić information content (AvgIpc) is 3.69. The standard InChI is InChI=1S/C33H34N8O3/c1-20-9-13-22(14-10-20)41-28(19-27(40-41)33(2,3)4)37-32(43)36-25-15-16-26(24-8-6-5-7-23(24)25)44-29-17-18-34-30(38-29)39-31(42)35-21-11-12-21/h5-10,13-19,21H,11-12H2,1-4H3,(H2,36,37,43)(H2,34,35,38,39,42). The Labute approximate surface area is 255 Å². The molecule has 0 saturated heterocycles. The van der Waals surface area contributed by atoms with Gasteiger partial charge in [0.25, 0.3) is 0 Å². The molecule has 224 valence electrons. The molecule has 0 aliphatic heterocycles. The maximum Gasteiger partial charge on any atom is 0.324 e. The lowest BCUT2D eigenvalue weighted by Crippen LogP contribution is -2.31. The van der Waals surface area contributed by atoms with Crippen LogP contribution in [0.2, 0.25) is 0 Å². The molecule has 1 fully saturated rings. The van der Waals surface area contributed by atoms with E-state index in [1.807, 2.05) is 61.5 Å². The van der Waals surface area contributed by atoms with E-state index in [4.69, 9.17) is 9.84 Å². The minimum atomic E-state index is -0.409. The van der Waals surface area contributed by atoms with Gasteiger partial charge in [-0.15, -0.1) is 0 Å². The number of anilines is 3. The van der Waals surface area contributed by atoms with Crippen molar-refractivity contribution in [2.45, 2.75) is 52.0 Å². The van der Waals surface area contributed by atoms with Crippen LogP contribution in [0.15, 0.2) is 79.0 Å². The van der Waals surface area contributed by atoms with Crippen molar-refractivity contribution in [3.63, 3.8) is 0 Å². The van der Waals surface area contributed by atoms with Crippen molar-refractivity contribution in [2.24, 2.45) is 0 Å². The molecule has 0 atom stereocenters. The van der Waals surface area contributed by atoms with Crippen LogP contribution in [0.1, 0.15) is 44.9 Å². The number of aryl methyl sites for hydroxylation is 1. The molecular weight excluding hydrogens is 556 g/mol. The van der Waals surface area contributed by atoms with Gasteiger partial charge in [0.15, 0.2) is 0 Å². The Hall–Kier alpha value is -5.45. The molecule has 1 aliphatic rings. The first-order valence-electron chi connectivity index (χ1n) is 14.5. The van der Waals surface area contributed by atoms with Gasteiger partial charge in [-0.2, -0.15) is 10.1 Å². The molecule has 0 unspecified atom stereocenters. The van der Waals surface area contributed by atoms with Crippen LogP contribution < -0.4 is 26.0 Å². The van der Waals surface area contributed by atoms with Gasteiger partial charge in [-0.1, -0.05) is 62.7 Å². The highest BCUT2D eigenvalue weighted by molar-refractivity contribution is 6.07. The number of hydrogen-bond acceptors (Lipinski definition) is 6. The summed E-state index contributed by atoms with van der Waals surface area (Å²) in [6.45, 7) is 8.27. The third kappa shape index (κ3) is 6.62. The number of ether oxygens (including phenoxy) is 1. The predicted octanol–water partition coefficient (Wildman–Crippen LogP) is 7.14. The van der Waals surface area contributed by atoms with Gasteiger partial charge in [-0.3, -0.25) is 10.6 Å². The third-order valence-corrected chi connectivity index (χ3v) is 7.11. The number of rotatable bonds is 7. The summed E-state index contributed by atoms with van der Waals surface area (Å²) in [5, 5.41) is 17.8. The molecule has 0 bridgehead atoms. The Morgan fingerprint density at radius 1 is 0.886 bits per heavy atom. The van der Waals surface area contributed by atoms with Crippen molar-refractivity contribution >= 4 is 40.3 Å². The van der Waals surface area contributed by atoms with Crippen molar-refractivity contribution in [2.75, 3.05) is 16.0 Å². The van der Waals surface area contributed by atoms with Crippen molar-refractivity contribution in [1.82, 2.24) is 25.1 Å². The molecule has 3 aromatic carbocycles. The van der Waals surface area contributed by atoms with Crippen molar-refractivity contribution < 1.29 is 14.3 Å². The van der Waals surface area contributed by atoms with Crippen LogP contribution >= 0.6 is 0 Å². The van der Waals surface area contributed by atoms with E-state index in [1.54, 1.807) is 22.9 Å². The molecule has 1 aliphatic carbocycles. The highest BCUT2D eigenvalue weighted by Crippen LogP contribution is 2.34. The monoisotopic (exact) mass is 590 g/mol. The van der Waals surface area contributed by atoms with Crippen molar-refractivity contribution in [3.05, 3.63) is 90.3 Å². The van der Waals surface area contributed by atoms with E-state index in [0.29, 0.717) is 17.3 Å². The number of nitrogens with zero attached hydrogens (tertiary/aromatic N) is 4. The SMILES string of the molecule is Cc1ccc(-n2nc(C(C)(C)C)cc2NC(=O)Nc2ccc(Oc3ccnc(NC(=O)NC4CC4)n3)c3ccccc23)cc1. The Bertz CT molecular complexity index is 1840. The van der Waals surface area contributed by atoms with Gasteiger partial charge >= 0.3 is 12.1 Å². The van der Waals surface area contributed by atoms with Crippen LogP contribution in [-0.4, -0.2) is 37.9 Å². The van der Waals surface area contributed by atoms with Crippen LogP contribution in [-0.2, 0) is 5.41 Å². The van der Waals surface area contributed by atoms with Crippen LogP contribution in [0.3, 0.4) is 0 Å². The summed E-state index contributed by atoms with van der Waals surface area (Å²) in [5.74, 6) is 1.49. The largest absolute Gasteiger partial charge is 0.438 e. The van der Waals surface area contributed by atoms with Crippen LogP contribution in [0.4, 0.5) is 27.0 Å². The summed E-state index contributed by atoms with van der Waals surface area (Å²) in [6.07, 6.45) is 3.48. The van der Waals surface area contributed by atoms with Gasteiger partial charge in [-0.05, 0) is 44.0 Å². The van der Waals surface area contributed by atoms with E-state index in [9.17, 15) is 9.59 Å². The molecule has 11 nitrogen and oxygen atoms in total. The van der Waals surface area contributed by atoms with Gasteiger partial charge in [0.05, 0.1) is 17.1 Å². The number of aromatic nitrogens is 4. The lowest BCUT2D eigenvalue weighted by atomic mass is 9.92. The maximum atomic E-state index is 13.3. The number of carbonyl (C=O) groups is 2. The smallest absolute Gasteiger partial charge is 0.324 e. The number of carbonyl (C=O) groups excluding carboxylic acids is 2. The lowest BCUT2D eigenvalue weighted by molar-refractivity contribution is 0.251. The average molecular weight is 591 g/mol.